The summed E-state index contributed by atoms with van der Waals surface area (Å²) in [6, 6.07) is 12.7. The van der Waals surface area contributed by atoms with E-state index >= 15 is 0 Å². The quantitative estimate of drug-likeness (QED) is 0.227. The molecule has 172 valence electrons. The van der Waals surface area contributed by atoms with Crippen LogP contribution >= 0.6 is 0 Å². The third kappa shape index (κ3) is 11.4. The summed E-state index contributed by atoms with van der Waals surface area (Å²) in [5.74, 6) is 0.922. The number of hydrogen-bond acceptors (Lipinski definition) is 3. The van der Waals surface area contributed by atoms with Crippen molar-refractivity contribution in [2.75, 3.05) is 19.8 Å². The predicted molar refractivity (Wildman–Crippen MR) is 132 cm³/mol. The van der Waals surface area contributed by atoms with E-state index in [1.54, 1.807) is 0 Å². The molecule has 1 heterocycles. The number of rotatable bonds is 18. The zero-order chi connectivity index (χ0) is 22.0. The van der Waals surface area contributed by atoms with Crippen LogP contribution in [0.3, 0.4) is 0 Å². The molecule has 0 radical (unpaired) electrons. The first-order valence-electron chi connectivity index (χ1n) is 12.6. The van der Waals surface area contributed by atoms with Gasteiger partial charge in [0.25, 0.3) is 0 Å². The fourth-order valence-electron chi connectivity index (χ4n) is 3.60. The molecule has 3 nitrogen and oxygen atoms in total. The molecule has 0 spiro atoms. The molecule has 2 rings (SSSR count). The molecular formula is C28H43NO2. The first-order chi connectivity index (χ1) is 15.3. The van der Waals surface area contributed by atoms with Gasteiger partial charge in [-0.05, 0) is 68.0 Å². The van der Waals surface area contributed by atoms with Gasteiger partial charge in [0, 0.05) is 25.0 Å². The third-order valence-electron chi connectivity index (χ3n) is 5.64. The molecule has 0 atom stereocenters. The van der Waals surface area contributed by atoms with E-state index in [2.05, 4.69) is 43.1 Å². The van der Waals surface area contributed by atoms with Gasteiger partial charge in [-0.3, -0.25) is 4.98 Å². The summed E-state index contributed by atoms with van der Waals surface area (Å²) in [4.78, 5) is 4.68. The molecule has 0 bridgehead atoms. The minimum atomic E-state index is 0.738. The molecule has 0 saturated carbocycles. The Labute approximate surface area is 190 Å². The van der Waals surface area contributed by atoms with E-state index < -0.39 is 0 Å². The summed E-state index contributed by atoms with van der Waals surface area (Å²) >= 11 is 0. The molecule has 0 aliphatic rings. The Morgan fingerprint density at radius 2 is 1.32 bits per heavy atom. The second kappa shape index (κ2) is 16.8. The van der Waals surface area contributed by atoms with Crippen LogP contribution in [0.25, 0.3) is 11.3 Å². The maximum absolute atomic E-state index is 5.85. The zero-order valence-corrected chi connectivity index (χ0v) is 19.9. The van der Waals surface area contributed by atoms with E-state index in [-0.39, 0.29) is 0 Å². The summed E-state index contributed by atoms with van der Waals surface area (Å²) in [7, 11) is 0. The highest BCUT2D eigenvalue weighted by atomic mass is 16.5. The minimum Gasteiger partial charge on any atom is -0.494 e. The van der Waals surface area contributed by atoms with Crippen LogP contribution in [0.5, 0.6) is 5.75 Å². The molecular weight excluding hydrogens is 382 g/mol. The van der Waals surface area contributed by atoms with Crippen LogP contribution in [0, 0.1) is 0 Å². The number of unbranched alkanes of at least 4 members (excludes halogenated alkanes) is 8. The van der Waals surface area contributed by atoms with Crippen LogP contribution in [0.4, 0.5) is 0 Å². The number of nitrogens with zero attached hydrogens (tertiary/aromatic N) is 1. The lowest BCUT2D eigenvalue weighted by molar-refractivity contribution is 0.123. The van der Waals surface area contributed by atoms with Crippen LogP contribution in [-0.2, 0) is 11.2 Å². The predicted octanol–water partition coefficient (Wildman–Crippen LogP) is 8.02. The second-order valence-electron chi connectivity index (χ2n) is 8.47. The molecule has 0 fully saturated rings. The number of aryl methyl sites for hydroxylation is 1. The highest BCUT2D eigenvalue weighted by molar-refractivity contribution is 5.60. The second-order valence-corrected chi connectivity index (χ2v) is 8.47. The van der Waals surface area contributed by atoms with Crippen molar-refractivity contribution in [2.24, 2.45) is 0 Å². The van der Waals surface area contributed by atoms with Crippen LogP contribution < -0.4 is 4.74 Å². The van der Waals surface area contributed by atoms with Crippen molar-refractivity contribution in [3.05, 3.63) is 48.2 Å². The molecule has 31 heavy (non-hydrogen) atoms. The normalized spacial score (nSPS) is 11.0. The first kappa shape index (κ1) is 25.4. The van der Waals surface area contributed by atoms with Crippen molar-refractivity contribution in [1.29, 1.82) is 0 Å². The van der Waals surface area contributed by atoms with Crippen molar-refractivity contribution < 1.29 is 9.47 Å². The Morgan fingerprint density at radius 1 is 0.645 bits per heavy atom. The SMILES string of the molecule is CCCCCCCCCc1ccc(-c2ccc(OCCCCOCCCC)cc2)nc1. The molecule has 0 aliphatic carbocycles. The van der Waals surface area contributed by atoms with Gasteiger partial charge in [-0.2, -0.15) is 0 Å². The van der Waals surface area contributed by atoms with Gasteiger partial charge in [0.1, 0.15) is 5.75 Å². The number of aromatic nitrogens is 1. The van der Waals surface area contributed by atoms with Crippen LogP contribution in [0.1, 0.15) is 90.0 Å². The molecule has 1 aromatic heterocycles. The molecule has 2 aromatic rings. The zero-order valence-electron chi connectivity index (χ0n) is 19.9. The molecule has 0 saturated heterocycles. The van der Waals surface area contributed by atoms with Gasteiger partial charge in [0.05, 0.1) is 12.3 Å². The van der Waals surface area contributed by atoms with Crippen molar-refractivity contribution in [2.45, 2.75) is 90.9 Å². The van der Waals surface area contributed by atoms with Crippen LogP contribution in [0.2, 0.25) is 0 Å². The van der Waals surface area contributed by atoms with Gasteiger partial charge in [-0.15, -0.1) is 0 Å². The first-order valence-corrected chi connectivity index (χ1v) is 12.6. The third-order valence-corrected chi connectivity index (χ3v) is 5.64. The lowest BCUT2D eigenvalue weighted by Gasteiger charge is -2.08. The van der Waals surface area contributed by atoms with Crippen molar-refractivity contribution >= 4 is 0 Å². The standard InChI is InChI=1S/C28H43NO2/c1-3-5-7-8-9-10-11-14-25-15-20-28(29-24-25)26-16-18-27(19-17-26)31-23-13-12-22-30-21-6-4-2/h15-20,24H,3-14,21-23H2,1-2H3. The van der Waals surface area contributed by atoms with E-state index in [1.165, 1.54) is 56.9 Å². The Hall–Kier alpha value is -1.87. The summed E-state index contributed by atoms with van der Waals surface area (Å²) in [6.45, 7) is 6.91. The van der Waals surface area contributed by atoms with Crippen molar-refractivity contribution in [3.63, 3.8) is 0 Å². The largest absolute Gasteiger partial charge is 0.494 e. The van der Waals surface area contributed by atoms with Gasteiger partial charge in [0.15, 0.2) is 0 Å². The summed E-state index contributed by atoms with van der Waals surface area (Å²) in [6.07, 6.45) is 17.1. The Morgan fingerprint density at radius 3 is 2.03 bits per heavy atom. The fourth-order valence-corrected chi connectivity index (χ4v) is 3.60. The number of hydrogen-bond donors (Lipinski definition) is 0. The number of pyridine rings is 1. The average molecular weight is 426 g/mol. The molecule has 0 N–H and O–H groups in total. The Kier molecular flexibility index (Phi) is 13.7. The summed E-state index contributed by atoms with van der Waals surface area (Å²) in [5.41, 5.74) is 3.51. The van der Waals surface area contributed by atoms with E-state index in [1.807, 2.05) is 18.3 Å². The van der Waals surface area contributed by atoms with E-state index in [9.17, 15) is 0 Å². The maximum atomic E-state index is 5.85. The maximum Gasteiger partial charge on any atom is 0.119 e. The van der Waals surface area contributed by atoms with Gasteiger partial charge >= 0.3 is 0 Å². The van der Waals surface area contributed by atoms with E-state index in [0.29, 0.717) is 0 Å². The highest BCUT2D eigenvalue weighted by Gasteiger charge is 2.02. The number of ether oxygens (including phenoxy) is 2. The molecule has 3 heteroatoms. The van der Waals surface area contributed by atoms with E-state index in [0.717, 1.165) is 62.5 Å². The molecule has 0 amide bonds. The molecule has 0 aliphatic heterocycles. The summed E-state index contributed by atoms with van der Waals surface area (Å²) in [5, 5.41) is 0. The minimum absolute atomic E-state index is 0.738. The molecule has 0 unspecified atom stereocenters. The number of benzene rings is 1. The Balaban J connectivity index is 1.63. The van der Waals surface area contributed by atoms with Gasteiger partial charge in [-0.25, -0.2) is 0 Å². The van der Waals surface area contributed by atoms with Crippen molar-refractivity contribution in [1.82, 2.24) is 4.98 Å². The molecule has 1 aromatic carbocycles. The lowest BCUT2D eigenvalue weighted by Crippen LogP contribution is -2.01. The van der Waals surface area contributed by atoms with Gasteiger partial charge in [-0.1, -0.05) is 64.9 Å². The van der Waals surface area contributed by atoms with Crippen LogP contribution in [0.15, 0.2) is 42.6 Å². The highest BCUT2D eigenvalue weighted by Crippen LogP contribution is 2.21. The van der Waals surface area contributed by atoms with Gasteiger partial charge < -0.3 is 9.47 Å². The van der Waals surface area contributed by atoms with Gasteiger partial charge in [0.2, 0.25) is 0 Å². The van der Waals surface area contributed by atoms with E-state index in [4.69, 9.17) is 9.47 Å². The summed E-state index contributed by atoms with van der Waals surface area (Å²) < 4.78 is 11.4. The monoisotopic (exact) mass is 425 g/mol. The lowest BCUT2D eigenvalue weighted by atomic mass is 10.0. The fraction of sp³-hybridized carbons (Fsp3) is 0.607. The Bertz CT molecular complexity index is 666. The smallest absolute Gasteiger partial charge is 0.119 e. The van der Waals surface area contributed by atoms with Crippen molar-refractivity contribution in [3.8, 4) is 17.0 Å². The van der Waals surface area contributed by atoms with Crippen LogP contribution in [-0.4, -0.2) is 24.8 Å². The average Bonchev–Trinajstić information content (AvgIpc) is 2.81. The topological polar surface area (TPSA) is 31.4 Å².